The maximum Gasteiger partial charge on any atom is 0.240 e. The van der Waals surface area contributed by atoms with Gasteiger partial charge in [-0.05, 0) is 48.1 Å². The Bertz CT molecular complexity index is 1010. The van der Waals surface area contributed by atoms with Gasteiger partial charge in [-0.1, -0.05) is 45.0 Å². The quantitative estimate of drug-likeness (QED) is 0.704. The van der Waals surface area contributed by atoms with Gasteiger partial charge in [-0.25, -0.2) is 18.1 Å². The van der Waals surface area contributed by atoms with E-state index in [1.165, 1.54) is 5.56 Å². The fourth-order valence-corrected chi connectivity index (χ4v) is 4.63. The lowest BCUT2D eigenvalue weighted by Crippen LogP contribution is -2.26. The Balaban J connectivity index is 1.66. The zero-order valence-corrected chi connectivity index (χ0v) is 17.2. The van der Waals surface area contributed by atoms with Crippen LogP contribution in [0.2, 0.25) is 0 Å². The number of sulfonamides is 1. The summed E-state index contributed by atoms with van der Waals surface area (Å²) >= 11 is 1.56. The first-order valence-electron chi connectivity index (χ1n) is 8.61. The third kappa shape index (κ3) is 4.31. The maximum atomic E-state index is 12.5. The number of hydrogen-bond acceptors (Lipinski definition) is 4. The minimum atomic E-state index is -3.53. The summed E-state index contributed by atoms with van der Waals surface area (Å²) in [6.07, 6.45) is 0.654. The zero-order valence-electron chi connectivity index (χ0n) is 15.5. The van der Waals surface area contributed by atoms with Crippen LogP contribution >= 0.6 is 11.3 Å². The molecule has 0 atom stereocenters. The van der Waals surface area contributed by atoms with Crippen LogP contribution in [0, 0.1) is 6.92 Å². The number of benzene rings is 2. The van der Waals surface area contributed by atoms with Gasteiger partial charge >= 0.3 is 0 Å². The second-order valence-electron chi connectivity index (χ2n) is 7.46. The van der Waals surface area contributed by atoms with Gasteiger partial charge in [0.05, 0.1) is 20.1 Å². The number of nitrogens with one attached hydrogen (secondary N) is 1. The molecule has 0 spiro atoms. The fourth-order valence-electron chi connectivity index (χ4n) is 2.77. The van der Waals surface area contributed by atoms with E-state index in [9.17, 15) is 8.42 Å². The van der Waals surface area contributed by atoms with E-state index in [1.54, 1.807) is 23.5 Å². The topological polar surface area (TPSA) is 59.1 Å². The van der Waals surface area contributed by atoms with Gasteiger partial charge in [-0.15, -0.1) is 11.3 Å². The Morgan fingerprint density at radius 3 is 2.42 bits per heavy atom. The summed E-state index contributed by atoms with van der Waals surface area (Å²) in [6.45, 7) is 8.82. The van der Waals surface area contributed by atoms with E-state index in [0.717, 1.165) is 20.8 Å². The van der Waals surface area contributed by atoms with Crippen LogP contribution in [-0.2, 0) is 21.9 Å². The second kappa shape index (κ2) is 7.10. The lowest BCUT2D eigenvalue weighted by molar-refractivity contribution is 0.581. The van der Waals surface area contributed by atoms with E-state index >= 15 is 0 Å². The number of aromatic nitrogens is 1. The standard InChI is InChI=1S/C20H24N2O2S2/c1-14-22-18-13-17(9-10-19(18)25-14)26(23,24)21-12-11-15-5-7-16(8-6-15)20(2,3)4/h5-10,13,21H,11-12H2,1-4H3. The number of hydrogen-bond donors (Lipinski definition) is 1. The molecule has 0 aliphatic rings. The van der Waals surface area contributed by atoms with E-state index in [-0.39, 0.29) is 10.3 Å². The Kier molecular flexibility index (Phi) is 5.19. The van der Waals surface area contributed by atoms with Crippen molar-refractivity contribution in [1.29, 1.82) is 0 Å². The summed E-state index contributed by atoms with van der Waals surface area (Å²) in [7, 11) is -3.53. The predicted octanol–water partition coefficient (Wildman–Crippen LogP) is 4.42. The number of nitrogens with zero attached hydrogens (tertiary/aromatic N) is 1. The summed E-state index contributed by atoms with van der Waals surface area (Å²) < 4.78 is 28.7. The lowest BCUT2D eigenvalue weighted by Gasteiger charge is -2.19. The van der Waals surface area contributed by atoms with Crippen molar-refractivity contribution in [3.63, 3.8) is 0 Å². The van der Waals surface area contributed by atoms with E-state index < -0.39 is 10.0 Å². The first-order chi connectivity index (χ1) is 12.1. The second-order valence-corrected chi connectivity index (χ2v) is 10.5. The molecule has 0 saturated heterocycles. The summed E-state index contributed by atoms with van der Waals surface area (Å²) in [5.41, 5.74) is 3.24. The normalized spacial score (nSPS) is 12.6. The van der Waals surface area contributed by atoms with E-state index in [4.69, 9.17) is 0 Å². The number of fused-ring (bicyclic) bond motifs is 1. The van der Waals surface area contributed by atoms with Crippen LogP contribution in [0.5, 0.6) is 0 Å². The Hall–Kier alpha value is -1.76. The molecule has 4 nitrogen and oxygen atoms in total. The Labute approximate surface area is 159 Å². The molecule has 138 valence electrons. The third-order valence-corrected chi connectivity index (χ3v) is 6.71. The first kappa shape index (κ1) is 19.0. The van der Waals surface area contributed by atoms with Crippen molar-refractivity contribution in [2.45, 2.75) is 44.4 Å². The van der Waals surface area contributed by atoms with Gasteiger partial charge in [0.25, 0.3) is 0 Å². The smallest absolute Gasteiger partial charge is 0.240 e. The van der Waals surface area contributed by atoms with Crippen LogP contribution in [0.15, 0.2) is 47.4 Å². The third-order valence-electron chi connectivity index (χ3n) is 4.30. The lowest BCUT2D eigenvalue weighted by atomic mass is 9.86. The number of thiazole rings is 1. The Morgan fingerprint density at radius 1 is 1.08 bits per heavy atom. The van der Waals surface area contributed by atoms with Crippen LogP contribution < -0.4 is 4.72 Å². The number of rotatable bonds is 5. The molecule has 2 aromatic carbocycles. The molecule has 0 aliphatic carbocycles. The monoisotopic (exact) mass is 388 g/mol. The molecule has 0 amide bonds. The van der Waals surface area contributed by atoms with Crippen LogP contribution in [0.4, 0.5) is 0 Å². The van der Waals surface area contributed by atoms with Gasteiger partial charge in [-0.3, -0.25) is 0 Å². The van der Waals surface area contributed by atoms with Gasteiger partial charge in [-0.2, -0.15) is 0 Å². The fraction of sp³-hybridized carbons (Fsp3) is 0.350. The van der Waals surface area contributed by atoms with Crippen molar-refractivity contribution in [2.75, 3.05) is 6.54 Å². The highest BCUT2D eigenvalue weighted by Gasteiger charge is 2.16. The molecular formula is C20H24N2O2S2. The molecule has 1 aromatic heterocycles. The van der Waals surface area contributed by atoms with E-state index in [1.807, 2.05) is 13.0 Å². The minimum Gasteiger partial charge on any atom is -0.241 e. The highest BCUT2D eigenvalue weighted by molar-refractivity contribution is 7.89. The SMILES string of the molecule is Cc1nc2cc(S(=O)(=O)NCCc3ccc(C(C)(C)C)cc3)ccc2s1. The molecule has 0 radical (unpaired) electrons. The van der Waals surface area contributed by atoms with Gasteiger partial charge in [0, 0.05) is 6.54 Å². The predicted molar refractivity (Wildman–Crippen MR) is 108 cm³/mol. The molecule has 0 unspecified atom stereocenters. The van der Waals surface area contributed by atoms with E-state index in [0.29, 0.717) is 13.0 Å². The molecule has 3 aromatic rings. The van der Waals surface area contributed by atoms with Crippen molar-refractivity contribution in [1.82, 2.24) is 9.71 Å². The molecule has 26 heavy (non-hydrogen) atoms. The van der Waals surface area contributed by atoms with Crippen molar-refractivity contribution < 1.29 is 8.42 Å². The molecule has 1 N–H and O–H groups in total. The summed E-state index contributed by atoms with van der Waals surface area (Å²) in [4.78, 5) is 4.63. The van der Waals surface area contributed by atoms with Crippen molar-refractivity contribution in [3.8, 4) is 0 Å². The molecule has 0 fully saturated rings. The van der Waals surface area contributed by atoms with Crippen LogP contribution in [0.3, 0.4) is 0 Å². The van der Waals surface area contributed by atoms with Crippen LogP contribution in [-0.4, -0.2) is 19.9 Å². The van der Waals surface area contributed by atoms with Crippen LogP contribution in [0.25, 0.3) is 10.2 Å². The summed E-state index contributed by atoms with van der Waals surface area (Å²) in [6, 6.07) is 13.5. The molecule has 0 saturated carbocycles. The highest BCUT2D eigenvalue weighted by atomic mass is 32.2. The average molecular weight is 389 g/mol. The number of aryl methyl sites for hydroxylation is 1. The van der Waals surface area contributed by atoms with Gasteiger partial charge in [0.2, 0.25) is 10.0 Å². The molecule has 0 bridgehead atoms. The molecule has 0 aliphatic heterocycles. The van der Waals surface area contributed by atoms with Crippen molar-refractivity contribution in [2.24, 2.45) is 0 Å². The summed E-state index contributed by atoms with van der Waals surface area (Å²) in [5.74, 6) is 0. The van der Waals surface area contributed by atoms with Crippen molar-refractivity contribution in [3.05, 3.63) is 58.6 Å². The maximum absolute atomic E-state index is 12.5. The van der Waals surface area contributed by atoms with Crippen molar-refractivity contribution >= 4 is 31.6 Å². The van der Waals surface area contributed by atoms with Gasteiger partial charge in [0.1, 0.15) is 0 Å². The first-order valence-corrected chi connectivity index (χ1v) is 10.9. The average Bonchev–Trinajstić information content (AvgIpc) is 2.93. The Morgan fingerprint density at radius 2 is 1.77 bits per heavy atom. The minimum absolute atomic E-state index is 0.118. The molecule has 3 rings (SSSR count). The zero-order chi connectivity index (χ0) is 18.9. The molecular weight excluding hydrogens is 364 g/mol. The van der Waals surface area contributed by atoms with Gasteiger partial charge < -0.3 is 0 Å². The summed E-state index contributed by atoms with van der Waals surface area (Å²) in [5, 5.41) is 0.932. The molecule has 6 heteroatoms. The molecule has 1 heterocycles. The van der Waals surface area contributed by atoms with Crippen LogP contribution in [0.1, 0.15) is 36.9 Å². The van der Waals surface area contributed by atoms with Gasteiger partial charge in [0.15, 0.2) is 0 Å². The largest absolute Gasteiger partial charge is 0.241 e. The highest BCUT2D eigenvalue weighted by Crippen LogP contribution is 2.24. The van der Waals surface area contributed by atoms with E-state index in [2.05, 4.69) is 54.7 Å².